The maximum atomic E-state index is 13.1. The molecule has 1 atom stereocenters. The van der Waals surface area contributed by atoms with E-state index < -0.39 is 30.8 Å². The Hall–Kier alpha value is -2.09. The summed E-state index contributed by atoms with van der Waals surface area (Å²) in [6.45, 7) is 6.92. The van der Waals surface area contributed by atoms with Crippen molar-refractivity contribution in [3.05, 3.63) is 29.8 Å². The topological polar surface area (TPSA) is 62.1 Å². The van der Waals surface area contributed by atoms with E-state index in [1.54, 1.807) is 12.1 Å². The van der Waals surface area contributed by atoms with Crippen LogP contribution in [-0.2, 0) is 10.2 Å². The van der Waals surface area contributed by atoms with Crippen LogP contribution >= 0.6 is 0 Å². The summed E-state index contributed by atoms with van der Waals surface area (Å²) in [5.41, 5.74) is -2.24. The second-order valence-corrected chi connectivity index (χ2v) is 7.08. The number of nitrogens with zero attached hydrogens (tertiary/aromatic N) is 2. The Morgan fingerprint density at radius 2 is 1.88 bits per heavy atom. The fraction of sp³-hybridized carbons (Fsp3) is 0.556. The van der Waals surface area contributed by atoms with Crippen molar-refractivity contribution >= 4 is 11.6 Å². The van der Waals surface area contributed by atoms with Crippen LogP contribution in [0.25, 0.3) is 0 Å². The Morgan fingerprint density at radius 3 is 2.38 bits per heavy atom. The highest BCUT2D eigenvalue weighted by atomic mass is 19.4. The van der Waals surface area contributed by atoms with Gasteiger partial charge in [0.1, 0.15) is 5.75 Å². The number of hydrazone groups is 1. The van der Waals surface area contributed by atoms with Gasteiger partial charge >= 0.3 is 6.18 Å². The first-order valence-electron chi connectivity index (χ1n) is 8.30. The molecular weight excluding hydrogens is 349 g/mol. The van der Waals surface area contributed by atoms with Crippen LogP contribution in [0.4, 0.5) is 13.2 Å². The summed E-state index contributed by atoms with van der Waals surface area (Å²) in [5, 5.41) is 13.5. The number of rotatable bonds is 5. The maximum Gasteiger partial charge on any atom is 0.438 e. The molecule has 0 saturated heterocycles. The van der Waals surface area contributed by atoms with Crippen molar-refractivity contribution in [3.63, 3.8) is 0 Å². The van der Waals surface area contributed by atoms with Crippen molar-refractivity contribution in [2.75, 3.05) is 6.61 Å². The average molecular weight is 372 g/mol. The van der Waals surface area contributed by atoms with Gasteiger partial charge in [0.2, 0.25) is 0 Å². The summed E-state index contributed by atoms with van der Waals surface area (Å²) in [7, 11) is 0. The third kappa shape index (κ3) is 3.85. The quantitative estimate of drug-likeness (QED) is 0.859. The normalized spacial score (nSPS) is 20.9. The number of ether oxygens (including phenoxy) is 1. The molecule has 0 bridgehead atoms. The van der Waals surface area contributed by atoms with Gasteiger partial charge in [0, 0.05) is 12.1 Å². The minimum absolute atomic E-state index is 0.0145. The lowest BCUT2D eigenvalue weighted by Crippen LogP contribution is -2.57. The number of carbonyl (C=O) groups is 1. The number of alkyl halides is 3. The number of halogens is 3. The van der Waals surface area contributed by atoms with Gasteiger partial charge in [-0.3, -0.25) is 4.79 Å². The van der Waals surface area contributed by atoms with E-state index in [1.165, 1.54) is 6.92 Å². The van der Waals surface area contributed by atoms with Crippen LogP contribution in [0.1, 0.15) is 46.1 Å². The third-order valence-corrected chi connectivity index (χ3v) is 4.70. The van der Waals surface area contributed by atoms with Crippen LogP contribution in [0.15, 0.2) is 29.4 Å². The molecule has 144 valence electrons. The van der Waals surface area contributed by atoms with Gasteiger partial charge in [-0.2, -0.15) is 23.3 Å². The van der Waals surface area contributed by atoms with Gasteiger partial charge in [0.15, 0.2) is 6.61 Å². The standard InChI is InChI=1S/C18H23F3N2O3/c1-5-16(3,4)13-6-8-14(9-7-13)26-11-15(24)23-17(25,18(19,20)21)10-12(2)22-23/h6-9,25H,5,10-11H2,1-4H3. The first kappa shape index (κ1) is 20.2. The molecule has 1 unspecified atom stereocenters. The van der Waals surface area contributed by atoms with Crippen LogP contribution < -0.4 is 4.74 Å². The van der Waals surface area contributed by atoms with Gasteiger partial charge in [-0.15, -0.1) is 0 Å². The number of hydrogen-bond donors (Lipinski definition) is 1. The van der Waals surface area contributed by atoms with Crippen molar-refractivity contribution in [1.82, 2.24) is 5.01 Å². The zero-order valence-corrected chi connectivity index (χ0v) is 15.2. The molecule has 1 aliphatic heterocycles. The molecule has 1 amide bonds. The van der Waals surface area contributed by atoms with E-state index in [9.17, 15) is 23.1 Å². The van der Waals surface area contributed by atoms with E-state index in [2.05, 4.69) is 25.9 Å². The van der Waals surface area contributed by atoms with E-state index in [1.807, 2.05) is 12.1 Å². The van der Waals surface area contributed by atoms with E-state index in [0.717, 1.165) is 12.0 Å². The number of benzene rings is 1. The molecule has 2 rings (SSSR count). The number of carbonyl (C=O) groups excluding carboxylic acids is 1. The summed E-state index contributed by atoms with van der Waals surface area (Å²) in [5.74, 6) is -0.718. The molecule has 0 aromatic heterocycles. The monoisotopic (exact) mass is 372 g/mol. The van der Waals surface area contributed by atoms with Gasteiger partial charge in [0.25, 0.3) is 11.6 Å². The highest BCUT2D eigenvalue weighted by Crippen LogP contribution is 2.40. The molecule has 0 radical (unpaired) electrons. The summed E-state index contributed by atoms with van der Waals surface area (Å²) >= 11 is 0. The van der Waals surface area contributed by atoms with E-state index in [4.69, 9.17) is 4.74 Å². The Bertz CT molecular complexity index is 699. The second kappa shape index (κ2) is 6.90. The lowest BCUT2D eigenvalue weighted by atomic mass is 9.82. The fourth-order valence-corrected chi connectivity index (χ4v) is 2.62. The Kier molecular flexibility index (Phi) is 5.37. The predicted molar refractivity (Wildman–Crippen MR) is 90.8 cm³/mol. The molecule has 26 heavy (non-hydrogen) atoms. The van der Waals surface area contributed by atoms with Crippen molar-refractivity contribution in [3.8, 4) is 5.75 Å². The summed E-state index contributed by atoms with van der Waals surface area (Å²) in [6.07, 6.45) is -4.85. The van der Waals surface area contributed by atoms with Crippen LogP contribution in [-0.4, -0.2) is 40.2 Å². The van der Waals surface area contributed by atoms with Gasteiger partial charge < -0.3 is 9.84 Å². The second-order valence-electron chi connectivity index (χ2n) is 7.08. The Labute approximate surface area is 150 Å². The lowest BCUT2D eigenvalue weighted by molar-refractivity contribution is -0.302. The first-order chi connectivity index (χ1) is 11.9. The van der Waals surface area contributed by atoms with E-state index in [-0.39, 0.29) is 16.1 Å². The maximum absolute atomic E-state index is 13.1. The fourth-order valence-electron chi connectivity index (χ4n) is 2.62. The van der Waals surface area contributed by atoms with E-state index >= 15 is 0 Å². The van der Waals surface area contributed by atoms with Crippen LogP contribution in [0.5, 0.6) is 5.75 Å². The van der Waals surface area contributed by atoms with Crippen LogP contribution in [0.3, 0.4) is 0 Å². The minimum atomic E-state index is -5.02. The van der Waals surface area contributed by atoms with Gasteiger partial charge in [-0.1, -0.05) is 32.9 Å². The van der Waals surface area contributed by atoms with Crippen LogP contribution in [0, 0.1) is 0 Å². The predicted octanol–water partition coefficient (Wildman–Crippen LogP) is 3.61. The largest absolute Gasteiger partial charge is 0.484 e. The van der Waals surface area contributed by atoms with Gasteiger partial charge in [-0.25, -0.2) is 0 Å². The highest BCUT2D eigenvalue weighted by molar-refractivity contribution is 5.89. The molecule has 1 aromatic carbocycles. The van der Waals surface area contributed by atoms with E-state index in [0.29, 0.717) is 5.75 Å². The highest BCUT2D eigenvalue weighted by Gasteiger charge is 2.62. The lowest BCUT2D eigenvalue weighted by Gasteiger charge is -2.32. The molecule has 0 saturated carbocycles. The molecule has 0 fully saturated rings. The van der Waals surface area contributed by atoms with Crippen molar-refractivity contribution < 1.29 is 27.8 Å². The minimum Gasteiger partial charge on any atom is -0.484 e. The molecule has 1 aliphatic rings. The van der Waals surface area contributed by atoms with Crippen molar-refractivity contribution in [2.24, 2.45) is 5.10 Å². The number of amides is 1. The summed E-state index contributed by atoms with van der Waals surface area (Å²) < 4.78 is 44.7. The molecular formula is C18H23F3N2O3. The molecule has 5 nitrogen and oxygen atoms in total. The van der Waals surface area contributed by atoms with Crippen molar-refractivity contribution in [2.45, 2.75) is 57.9 Å². The smallest absolute Gasteiger partial charge is 0.438 e. The number of aliphatic hydroxyl groups is 1. The van der Waals surface area contributed by atoms with Crippen molar-refractivity contribution in [1.29, 1.82) is 0 Å². The Morgan fingerprint density at radius 1 is 1.31 bits per heavy atom. The summed E-state index contributed by atoms with van der Waals surface area (Å²) in [6, 6.07) is 7.03. The molecule has 1 aromatic rings. The van der Waals surface area contributed by atoms with Gasteiger partial charge in [-0.05, 0) is 36.5 Å². The molecule has 1 heterocycles. The van der Waals surface area contributed by atoms with Crippen LogP contribution in [0.2, 0.25) is 0 Å². The Balaban J connectivity index is 2.06. The van der Waals surface area contributed by atoms with Gasteiger partial charge in [0.05, 0.1) is 0 Å². The zero-order chi connectivity index (χ0) is 19.8. The average Bonchev–Trinajstić information content (AvgIpc) is 2.89. The summed E-state index contributed by atoms with van der Waals surface area (Å²) in [4.78, 5) is 12.1. The first-order valence-corrected chi connectivity index (χ1v) is 8.30. The molecule has 8 heteroatoms. The molecule has 1 N–H and O–H groups in total. The SMILES string of the molecule is CCC(C)(C)c1ccc(OCC(=O)N2N=C(C)CC2(O)C(F)(F)F)cc1. The molecule has 0 spiro atoms. The molecule has 0 aliphatic carbocycles. The third-order valence-electron chi connectivity index (χ3n) is 4.70. The zero-order valence-electron chi connectivity index (χ0n) is 15.2. The number of hydrogen-bond acceptors (Lipinski definition) is 4.